The number of carbonyl (C=O) groups is 1. The van der Waals surface area contributed by atoms with Crippen molar-refractivity contribution in [1.29, 1.82) is 0 Å². The molecule has 0 aromatic heterocycles. The second kappa shape index (κ2) is 8.12. The minimum atomic E-state index is -0.968. The average Bonchev–Trinajstić information content (AvgIpc) is 2.55. The molecule has 122 valence electrons. The van der Waals surface area contributed by atoms with E-state index in [0.29, 0.717) is 0 Å². The smallest absolute Gasteiger partial charge is 0.319 e. The van der Waals surface area contributed by atoms with E-state index < -0.39 is 11.6 Å². The van der Waals surface area contributed by atoms with E-state index in [1.165, 1.54) is 6.07 Å². The lowest BCUT2D eigenvalue weighted by molar-refractivity contribution is 0.247. The van der Waals surface area contributed by atoms with Gasteiger partial charge in [-0.15, -0.1) is 0 Å². The topological polar surface area (TPSA) is 50.4 Å². The van der Waals surface area contributed by atoms with Crippen LogP contribution in [0.15, 0.2) is 42.5 Å². The number of urea groups is 1. The molecule has 0 fully saturated rings. The molecule has 2 aromatic carbocycles. The van der Waals surface area contributed by atoms with Crippen LogP contribution in [-0.2, 0) is 6.42 Å². The highest BCUT2D eigenvalue weighted by atomic mass is 19.2. The SMILES string of the molecule is CCc1ccccc1NC(=O)NCCOc1ccc(F)c(F)c1. The van der Waals surface area contributed by atoms with Crippen LogP contribution in [0.2, 0.25) is 0 Å². The van der Waals surface area contributed by atoms with Gasteiger partial charge in [0.15, 0.2) is 11.6 Å². The normalized spacial score (nSPS) is 10.2. The summed E-state index contributed by atoms with van der Waals surface area (Å²) in [6, 6.07) is 10.5. The first-order valence-electron chi connectivity index (χ1n) is 7.30. The number of aryl methyl sites for hydroxylation is 1. The number of benzene rings is 2. The molecule has 0 spiro atoms. The van der Waals surface area contributed by atoms with Gasteiger partial charge in [-0.25, -0.2) is 13.6 Å². The molecule has 0 aliphatic rings. The second-order valence-corrected chi connectivity index (χ2v) is 4.82. The van der Waals surface area contributed by atoms with Gasteiger partial charge in [-0.05, 0) is 30.2 Å². The minimum Gasteiger partial charge on any atom is -0.492 e. The van der Waals surface area contributed by atoms with Crippen LogP contribution in [0.25, 0.3) is 0 Å². The van der Waals surface area contributed by atoms with Crippen LogP contribution in [-0.4, -0.2) is 19.2 Å². The van der Waals surface area contributed by atoms with E-state index in [4.69, 9.17) is 4.74 Å². The molecule has 0 atom stereocenters. The van der Waals surface area contributed by atoms with Crippen LogP contribution in [0.5, 0.6) is 5.75 Å². The number of para-hydroxylation sites is 1. The fraction of sp³-hybridized carbons (Fsp3) is 0.235. The van der Waals surface area contributed by atoms with Gasteiger partial charge in [-0.1, -0.05) is 25.1 Å². The molecule has 4 nitrogen and oxygen atoms in total. The van der Waals surface area contributed by atoms with Gasteiger partial charge in [-0.2, -0.15) is 0 Å². The zero-order valence-electron chi connectivity index (χ0n) is 12.7. The van der Waals surface area contributed by atoms with Gasteiger partial charge in [0.05, 0.1) is 6.54 Å². The monoisotopic (exact) mass is 320 g/mol. The zero-order valence-corrected chi connectivity index (χ0v) is 12.7. The number of halogens is 2. The van der Waals surface area contributed by atoms with Crippen molar-refractivity contribution in [2.24, 2.45) is 0 Å². The van der Waals surface area contributed by atoms with Crippen LogP contribution >= 0.6 is 0 Å². The number of ether oxygens (including phenoxy) is 1. The molecule has 0 saturated carbocycles. The number of rotatable bonds is 6. The van der Waals surface area contributed by atoms with Crippen molar-refractivity contribution in [3.63, 3.8) is 0 Å². The van der Waals surface area contributed by atoms with Gasteiger partial charge in [0, 0.05) is 11.8 Å². The van der Waals surface area contributed by atoms with Gasteiger partial charge in [0.25, 0.3) is 0 Å². The second-order valence-electron chi connectivity index (χ2n) is 4.82. The van der Waals surface area contributed by atoms with Crippen molar-refractivity contribution in [2.75, 3.05) is 18.5 Å². The molecular formula is C17H18F2N2O2. The Kier molecular flexibility index (Phi) is 5.91. The van der Waals surface area contributed by atoms with Crippen LogP contribution in [0.4, 0.5) is 19.3 Å². The standard InChI is InChI=1S/C17H18F2N2O2/c1-2-12-5-3-4-6-16(12)21-17(22)20-9-10-23-13-7-8-14(18)15(19)11-13/h3-8,11H,2,9-10H2,1H3,(H2,20,21,22). The highest BCUT2D eigenvalue weighted by Gasteiger charge is 2.06. The predicted molar refractivity (Wildman–Crippen MR) is 84.7 cm³/mol. The summed E-state index contributed by atoms with van der Waals surface area (Å²) in [7, 11) is 0. The summed E-state index contributed by atoms with van der Waals surface area (Å²) in [5.41, 5.74) is 1.80. The summed E-state index contributed by atoms with van der Waals surface area (Å²) in [6.07, 6.45) is 0.815. The molecule has 23 heavy (non-hydrogen) atoms. The fourth-order valence-electron chi connectivity index (χ4n) is 2.02. The third-order valence-electron chi connectivity index (χ3n) is 3.19. The lowest BCUT2D eigenvalue weighted by atomic mass is 10.1. The van der Waals surface area contributed by atoms with Crippen molar-refractivity contribution in [2.45, 2.75) is 13.3 Å². The van der Waals surface area contributed by atoms with Gasteiger partial charge in [-0.3, -0.25) is 0 Å². The van der Waals surface area contributed by atoms with E-state index in [9.17, 15) is 13.6 Å². The Morgan fingerprint density at radius 2 is 1.91 bits per heavy atom. The van der Waals surface area contributed by atoms with Gasteiger partial charge < -0.3 is 15.4 Å². The number of nitrogens with one attached hydrogen (secondary N) is 2. The van der Waals surface area contributed by atoms with Gasteiger partial charge in [0.1, 0.15) is 12.4 Å². The van der Waals surface area contributed by atoms with Crippen LogP contribution in [0, 0.1) is 11.6 Å². The van der Waals surface area contributed by atoms with E-state index >= 15 is 0 Å². The van der Waals surface area contributed by atoms with E-state index in [1.807, 2.05) is 31.2 Å². The molecular weight excluding hydrogens is 302 g/mol. The molecule has 0 aliphatic carbocycles. The molecule has 2 aromatic rings. The molecule has 0 saturated heterocycles. The van der Waals surface area contributed by atoms with Gasteiger partial charge >= 0.3 is 6.03 Å². The van der Waals surface area contributed by atoms with Gasteiger partial charge in [0.2, 0.25) is 0 Å². The molecule has 2 rings (SSSR count). The minimum absolute atomic E-state index is 0.147. The Bertz CT molecular complexity index is 677. The molecule has 0 heterocycles. The number of carbonyl (C=O) groups excluding carboxylic acids is 1. The Hall–Kier alpha value is -2.63. The van der Waals surface area contributed by atoms with Crippen molar-refractivity contribution in [3.8, 4) is 5.75 Å². The third kappa shape index (κ3) is 4.95. The number of hydrogen-bond donors (Lipinski definition) is 2. The van der Waals surface area contributed by atoms with Crippen molar-refractivity contribution in [3.05, 3.63) is 59.7 Å². The summed E-state index contributed by atoms with van der Waals surface area (Å²) >= 11 is 0. The summed E-state index contributed by atoms with van der Waals surface area (Å²) < 4.78 is 31.0. The van der Waals surface area contributed by atoms with E-state index in [-0.39, 0.29) is 24.9 Å². The molecule has 2 N–H and O–H groups in total. The quantitative estimate of drug-likeness (QED) is 0.797. The maximum Gasteiger partial charge on any atom is 0.319 e. The average molecular weight is 320 g/mol. The van der Waals surface area contributed by atoms with E-state index in [1.54, 1.807) is 0 Å². The van der Waals surface area contributed by atoms with E-state index in [0.717, 1.165) is 29.8 Å². The van der Waals surface area contributed by atoms with Crippen LogP contribution in [0.1, 0.15) is 12.5 Å². The Labute approximate surface area is 133 Å². The third-order valence-corrected chi connectivity index (χ3v) is 3.19. The lowest BCUT2D eigenvalue weighted by Gasteiger charge is -2.11. The Morgan fingerprint density at radius 3 is 2.65 bits per heavy atom. The number of anilines is 1. The van der Waals surface area contributed by atoms with E-state index in [2.05, 4.69) is 10.6 Å². The van der Waals surface area contributed by atoms with Crippen molar-refractivity contribution >= 4 is 11.7 Å². The summed E-state index contributed by atoms with van der Waals surface area (Å²) in [5, 5.41) is 5.40. The lowest BCUT2D eigenvalue weighted by Crippen LogP contribution is -2.32. The first kappa shape index (κ1) is 16.7. The number of hydrogen-bond acceptors (Lipinski definition) is 2. The molecule has 0 aliphatic heterocycles. The van der Waals surface area contributed by atoms with Crippen molar-refractivity contribution in [1.82, 2.24) is 5.32 Å². The maximum atomic E-state index is 13.0. The zero-order chi connectivity index (χ0) is 16.7. The largest absolute Gasteiger partial charge is 0.492 e. The highest BCUT2D eigenvalue weighted by molar-refractivity contribution is 5.90. The molecule has 6 heteroatoms. The Balaban J connectivity index is 1.75. The molecule has 0 unspecified atom stereocenters. The maximum absolute atomic E-state index is 13.0. The summed E-state index contributed by atoms with van der Waals surface area (Å²) in [6.45, 7) is 2.39. The summed E-state index contributed by atoms with van der Waals surface area (Å²) in [4.78, 5) is 11.8. The fourth-order valence-corrected chi connectivity index (χ4v) is 2.02. The van der Waals surface area contributed by atoms with Crippen molar-refractivity contribution < 1.29 is 18.3 Å². The molecule has 0 radical (unpaired) electrons. The highest BCUT2D eigenvalue weighted by Crippen LogP contribution is 2.16. The predicted octanol–water partition coefficient (Wildman–Crippen LogP) is 3.73. The van der Waals surface area contributed by atoms with Crippen LogP contribution < -0.4 is 15.4 Å². The number of amides is 2. The first-order chi connectivity index (χ1) is 11.1. The molecule has 2 amide bonds. The first-order valence-corrected chi connectivity index (χ1v) is 7.30. The molecule has 0 bridgehead atoms. The summed E-state index contributed by atoms with van der Waals surface area (Å²) in [5.74, 6) is -1.68. The Morgan fingerprint density at radius 1 is 1.13 bits per heavy atom. The van der Waals surface area contributed by atoms with Crippen LogP contribution in [0.3, 0.4) is 0 Å².